The van der Waals surface area contributed by atoms with Crippen LogP contribution in [0.15, 0.2) is 113 Å². The first-order valence-electron chi connectivity index (χ1n) is 15.9. The number of anilines is 1. The number of rotatable bonds is 17. The summed E-state index contributed by atoms with van der Waals surface area (Å²) in [5, 5.41) is 3.43. The van der Waals surface area contributed by atoms with E-state index in [1.807, 2.05) is 56.5 Å². The molecule has 0 aliphatic heterocycles. The van der Waals surface area contributed by atoms with Crippen molar-refractivity contribution in [1.29, 1.82) is 0 Å². The second kappa shape index (κ2) is 18.0. The topological polar surface area (TPSA) is 96.0 Å². The van der Waals surface area contributed by atoms with E-state index >= 15 is 0 Å². The lowest BCUT2D eigenvalue weighted by molar-refractivity contribution is -0.140. The number of ether oxygens (including phenoxy) is 1. The van der Waals surface area contributed by atoms with Gasteiger partial charge < -0.3 is 15.0 Å². The molecule has 1 N–H and O–H groups in total. The van der Waals surface area contributed by atoms with Crippen LogP contribution in [0.2, 0.25) is 5.02 Å². The molecule has 11 heteroatoms. The van der Waals surface area contributed by atoms with E-state index in [1.54, 1.807) is 54.6 Å². The van der Waals surface area contributed by atoms with Gasteiger partial charge in [-0.15, -0.1) is 11.8 Å². The van der Waals surface area contributed by atoms with Crippen molar-refractivity contribution in [1.82, 2.24) is 10.2 Å². The third-order valence-electron chi connectivity index (χ3n) is 7.76. The minimum atomic E-state index is -4.23. The highest BCUT2D eigenvalue weighted by atomic mass is 35.5. The fraction of sp³-hybridized carbons (Fsp3) is 0.297. The number of unbranched alkanes of at least 4 members (excludes halogenated alkanes) is 1. The fourth-order valence-electron chi connectivity index (χ4n) is 5.15. The Morgan fingerprint density at radius 1 is 0.896 bits per heavy atom. The summed E-state index contributed by atoms with van der Waals surface area (Å²) in [7, 11) is -4.23. The van der Waals surface area contributed by atoms with Crippen molar-refractivity contribution in [2.24, 2.45) is 0 Å². The lowest BCUT2D eigenvalue weighted by atomic mass is 10.0. The molecule has 0 bridgehead atoms. The van der Waals surface area contributed by atoms with Crippen LogP contribution in [0.3, 0.4) is 0 Å². The minimum Gasteiger partial charge on any atom is -0.494 e. The van der Waals surface area contributed by atoms with E-state index in [1.165, 1.54) is 28.8 Å². The van der Waals surface area contributed by atoms with Gasteiger partial charge >= 0.3 is 0 Å². The average molecular weight is 708 g/mol. The number of carbonyl (C=O) groups is 2. The summed E-state index contributed by atoms with van der Waals surface area (Å²) in [5.41, 5.74) is 1.77. The molecule has 0 saturated carbocycles. The zero-order chi connectivity index (χ0) is 34.5. The summed E-state index contributed by atoms with van der Waals surface area (Å²) in [6.45, 7) is 4.23. The molecule has 0 radical (unpaired) electrons. The Balaban J connectivity index is 1.80. The van der Waals surface area contributed by atoms with Crippen LogP contribution >= 0.6 is 23.4 Å². The molecule has 0 unspecified atom stereocenters. The van der Waals surface area contributed by atoms with Crippen LogP contribution in [-0.2, 0) is 32.6 Å². The van der Waals surface area contributed by atoms with Crippen molar-refractivity contribution in [2.75, 3.05) is 30.3 Å². The van der Waals surface area contributed by atoms with Crippen LogP contribution in [-0.4, -0.2) is 57.1 Å². The van der Waals surface area contributed by atoms with Gasteiger partial charge in [-0.25, -0.2) is 8.42 Å². The summed E-state index contributed by atoms with van der Waals surface area (Å²) in [6, 6.07) is 28.7. The number of amides is 2. The SMILES string of the molecule is CCCCNC(=O)[C@@H](Cc1ccccc1)N(Cc1ccccc1Cl)C(=O)CN(c1ccc(OCC)cc1)S(=O)(=O)c1ccc(SC)cc1. The molecular weight excluding hydrogens is 666 g/mol. The second-order valence-corrected chi connectivity index (χ2v) is 14.2. The lowest BCUT2D eigenvalue weighted by Gasteiger charge is -2.34. The molecule has 0 saturated heterocycles. The second-order valence-electron chi connectivity index (χ2n) is 11.1. The highest BCUT2D eigenvalue weighted by Crippen LogP contribution is 2.28. The van der Waals surface area contributed by atoms with Crippen molar-refractivity contribution in [3.63, 3.8) is 0 Å². The number of nitrogens with zero attached hydrogens (tertiary/aromatic N) is 2. The third kappa shape index (κ3) is 9.78. The van der Waals surface area contributed by atoms with Gasteiger partial charge in [0.05, 0.1) is 17.2 Å². The van der Waals surface area contributed by atoms with E-state index in [2.05, 4.69) is 5.32 Å². The standard InChI is InChI=1S/C37H42ClN3O5S2/c1-4-6-24-39-37(43)35(25-28-12-8-7-9-13-28)40(26-29-14-10-11-15-34(29)38)36(42)27-41(30-16-18-31(19-17-30)46-5-2)48(44,45)33-22-20-32(47-3)21-23-33/h7-23,35H,4-6,24-27H2,1-3H3,(H,39,43)/t35-/m1/s1. The molecule has 0 heterocycles. The molecule has 4 aromatic rings. The maximum absolute atomic E-state index is 14.6. The summed E-state index contributed by atoms with van der Waals surface area (Å²) >= 11 is 8.08. The summed E-state index contributed by atoms with van der Waals surface area (Å²) in [6.07, 6.45) is 3.80. The largest absolute Gasteiger partial charge is 0.494 e. The molecular formula is C37H42ClN3O5S2. The maximum atomic E-state index is 14.6. The molecule has 1 atom stereocenters. The van der Waals surface area contributed by atoms with E-state index in [0.717, 1.165) is 27.6 Å². The third-order valence-corrected chi connectivity index (χ3v) is 10.7. The maximum Gasteiger partial charge on any atom is 0.264 e. The Morgan fingerprint density at radius 3 is 2.19 bits per heavy atom. The Morgan fingerprint density at radius 2 is 1.56 bits per heavy atom. The highest BCUT2D eigenvalue weighted by Gasteiger charge is 2.35. The Labute approximate surface area is 293 Å². The molecule has 0 spiro atoms. The van der Waals surface area contributed by atoms with Crippen LogP contribution in [0.5, 0.6) is 5.75 Å². The number of benzene rings is 4. The Bertz CT molecular complexity index is 1740. The molecule has 8 nitrogen and oxygen atoms in total. The fourth-order valence-corrected chi connectivity index (χ4v) is 7.17. The van der Waals surface area contributed by atoms with Crippen LogP contribution in [0.4, 0.5) is 5.69 Å². The van der Waals surface area contributed by atoms with Gasteiger partial charge in [-0.05, 0) is 85.3 Å². The van der Waals surface area contributed by atoms with Crippen LogP contribution in [0.25, 0.3) is 0 Å². The van der Waals surface area contributed by atoms with E-state index in [4.69, 9.17) is 16.3 Å². The number of hydrogen-bond acceptors (Lipinski definition) is 6. The van der Waals surface area contributed by atoms with Gasteiger partial charge in [0.2, 0.25) is 11.8 Å². The van der Waals surface area contributed by atoms with Gasteiger partial charge in [-0.3, -0.25) is 13.9 Å². The first kappa shape index (κ1) is 36.8. The van der Waals surface area contributed by atoms with E-state index in [9.17, 15) is 18.0 Å². The quantitative estimate of drug-likeness (QED) is 0.0921. The number of carbonyl (C=O) groups excluding carboxylic acids is 2. The summed E-state index contributed by atoms with van der Waals surface area (Å²) in [5.74, 6) is -0.309. The van der Waals surface area contributed by atoms with Crippen molar-refractivity contribution in [2.45, 2.75) is 55.5 Å². The number of nitrogens with one attached hydrogen (secondary N) is 1. The molecule has 2 amide bonds. The molecule has 254 valence electrons. The van der Waals surface area contributed by atoms with Crippen LogP contribution in [0.1, 0.15) is 37.8 Å². The van der Waals surface area contributed by atoms with Crippen molar-refractivity contribution in [3.05, 3.63) is 119 Å². The van der Waals surface area contributed by atoms with Gasteiger partial charge in [-0.1, -0.05) is 73.5 Å². The molecule has 48 heavy (non-hydrogen) atoms. The first-order chi connectivity index (χ1) is 23.2. The molecule has 4 aromatic carbocycles. The first-order valence-corrected chi connectivity index (χ1v) is 19.0. The normalized spacial score (nSPS) is 11.8. The van der Waals surface area contributed by atoms with Gasteiger partial charge in [-0.2, -0.15) is 0 Å². The number of halogens is 1. The lowest BCUT2D eigenvalue weighted by Crippen LogP contribution is -2.53. The predicted octanol–water partition coefficient (Wildman–Crippen LogP) is 7.21. The number of sulfonamides is 1. The molecule has 0 aliphatic carbocycles. The molecule has 0 aromatic heterocycles. The monoisotopic (exact) mass is 707 g/mol. The van der Waals surface area contributed by atoms with E-state index < -0.39 is 28.5 Å². The van der Waals surface area contributed by atoms with Crippen molar-refractivity contribution >= 4 is 50.9 Å². The van der Waals surface area contributed by atoms with E-state index in [-0.39, 0.29) is 29.5 Å². The van der Waals surface area contributed by atoms with Gasteiger partial charge in [0, 0.05) is 29.4 Å². The van der Waals surface area contributed by atoms with Crippen LogP contribution < -0.4 is 14.4 Å². The molecule has 0 aliphatic rings. The van der Waals surface area contributed by atoms with Crippen LogP contribution in [0, 0.1) is 0 Å². The summed E-state index contributed by atoms with van der Waals surface area (Å²) in [4.78, 5) is 30.9. The summed E-state index contributed by atoms with van der Waals surface area (Å²) < 4.78 is 35.3. The number of hydrogen-bond donors (Lipinski definition) is 1. The predicted molar refractivity (Wildman–Crippen MR) is 194 cm³/mol. The van der Waals surface area contributed by atoms with Gasteiger partial charge in [0.15, 0.2) is 0 Å². The van der Waals surface area contributed by atoms with Crippen molar-refractivity contribution < 1.29 is 22.7 Å². The number of thioether (sulfide) groups is 1. The minimum absolute atomic E-state index is 0.00318. The Kier molecular flexibility index (Phi) is 13.8. The Hall–Kier alpha value is -3.99. The molecule has 4 rings (SSSR count). The van der Waals surface area contributed by atoms with E-state index in [0.29, 0.717) is 29.5 Å². The van der Waals surface area contributed by atoms with Gasteiger partial charge in [0.25, 0.3) is 10.0 Å². The smallest absolute Gasteiger partial charge is 0.264 e. The average Bonchev–Trinajstić information content (AvgIpc) is 3.10. The van der Waals surface area contributed by atoms with Crippen molar-refractivity contribution in [3.8, 4) is 5.75 Å². The molecule has 0 fully saturated rings. The zero-order valence-corrected chi connectivity index (χ0v) is 29.9. The van der Waals surface area contributed by atoms with Gasteiger partial charge in [0.1, 0.15) is 18.3 Å². The zero-order valence-electron chi connectivity index (χ0n) is 27.5. The highest BCUT2D eigenvalue weighted by molar-refractivity contribution is 7.98.